The highest BCUT2D eigenvalue weighted by atomic mass is 16.5. The first-order chi connectivity index (χ1) is 16.5. The fourth-order valence-electron chi connectivity index (χ4n) is 5.06. The lowest BCUT2D eigenvalue weighted by Gasteiger charge is -2.40. The van der Waals surface area contributed by atoms with Crippen LogP contribution in [0.3, 0.4) is 0 Å². The molecule has 3 aliphatic carbocycles. The number of amidine groups is 1. The molecule has 0 bridgehead atoms. The van der Waals surface area contributed by atoms with Crippen LogP contribution in [0.5, 0.6) is 0 Å². The minimum atomic E-state index is -0.259. The van der Waals surface area contributed by atoms with Crippen LogP contribution in [0.15, 0.2) is 82.7 Å². The summed E-state index contributed by atoms with van der Waals surface area (Å²) in [5.41, 5.74) is 4.45. The Kier molecular flexibility index (Phi) is 6.55. The first kappa shape index (κ1) is 22.9. The molecule has 1 amide bonds. The van der Waals surface area contributed by atoms with E-state index >= 15 is 0 Å². The van der Waals surface area contributed by atoms with Crippen LogP contribution in [0.2, 0.25) is 0 Å². The Morgan fingerprint density at radius 2 is 1.97 bits per heavy atom. The molecule has 1 aromatic carbocycles. The monoisotopic (exact) mass is 457 g/mol. The van der Waals surface area contributed by atoms with Gasteiger partial charge in [0.25, 0.3) is 0 Å². The molecule has 1 fully saturated rings. The Labute approximate surface area is 203 Å². The Morgan fingerprint density at radius 3 is 2.68 bits per heavy atom. The number of amides is 1. The molecular formula is C29H35N3O2. The lowest BCUT2D eigenvalue weighted by molar-refractivity contribution is -0.134. The molecule has 0 N–H and O–H groups in total. The molecule has 0 spiro atoms. The van der Waals surface area contributed by atoms with Gasteiger partial charge in [-0.05, 0) is 56.7 Å². The number of fused-ring (bicyclic) bond motifs is 1. The van der Waals surface area contributed by atoms with Crippen LogP contribution >= 0.6 is 0 Å². The molecule has 3 atom stereocenters. The average Bonchev–Trinajstić information content (AvgIpc) is 3.68. The van der Waals surface area contributed by atoms with Crippen molar-refractivity contribution in [3.63, 3.8) is 0 Å². The number of hydrogen-bond donors (Lipinski definition) is 0. The average molecular weight is 458 g/mol. The number of likely N-dealkylation sites (N-methyl/N-ethyl adjacent to an activating group) is 1. The summed E-state index contributed by atoms with van der Waals surface area (Å²) in [5, 5.41) is 0. The lowest BCUT2D eigenvalue weighted by Crippen LogP contribution is -2.48. The largest absolute Gasteiger partial charge is 0.379 e. The van der Waals surface area contributed by atoms with E-state index in [2.05, 4.69) is 55.3 Å². The van der Waals surface area contributed by atoms with Gasteiger partial charge < -0.3 is 9.64 Å². The Hall–Kier alpha value is -2.92. The van der Waals surface area contributed by atoms with Crippen LogP contribution < -0.4 is 0 Å². The number of carbonyl (C=O) groups is 1. The van der Waals surface area contributed by atoms with Gasteiger partial charge in [-0.25, -0.2) is 4.99 Å². The lowest BCUT2D eigenvalue weighted by atomic mass is 9.89. The number of benzene rings is 1. The number of aliphatic imine (C=N–C) groups is 1. The highest BCUT2D eigenvalue weighted by molar-refractivity contribution is 6.02. The van der Waals surface area contributed by atoms with Crippen molar-refractivity contribution in [2.45, 2.75) is 51.6 Å². The standard InChI is InChI=1S/C29H35N3O2/c1-20-9-13-24(14-10-20)31(3)25-15-16-27-26(17-25)29(33)32(21(2)30-27)28(19-34-18-22-11-12-22)23-7-5-4-6-8-23/h4-10,13,15-16,22,24,26,28H,11-12,14,17-19H2,1-3H3. The summed E-state index contributed by atoms with van der Waals surface area (Å²) in [5.74, 6) is 1.30. The van der Waals surface area contributed by atoms with Crippen LogP contribution in [0, 0.1) is 11.8 Å². The molecule has 0 saturated heterocycles. The summed E-state index contributed by atoms with van der Waals surface area (Å²) in [4.78, 5) is 23.1. The van der Waals surface area contributed by atoms with E-state index in [0.717, 1.165) is 30.1 Å². The molecule has 5 rings (SSSR count). The van der Waals surface area contributed by atoms with Gasteiger partial charge in [0.1, 0.15) is 5.84 Å². The van der Waals surface area contributed by atoms with Crippen molar-refractivity contribution in [3.05, 3.63) is 83.2 Å². The summed E-state index contributed by atoms with van der Waals surface area (Å²) in [6, 6.07) is 10.4. The third kappa shape index (κ3) is 4.80. The van der Waals surface area contributed by atoms with Gasteiger partial charge in [0, 0.05) is 25.8 Å². The van der Waals surface area contributed by atoms with Gasteiger partial charge in [-0.3, -0.25) is 9.69 Å². The molecule has 0 radical (unpaired) electrons. The zero-order valence-electron chi connectivity index (χ0n) is 20.5. The number of carbonyl (C=O) groups excluding carboxylic acids is 1. The van der Waals surface area contributed by atoms with Gasteiger partial charge in [-0.1, -0.05) is 54.1 Å². The molecule has 1 aromatic rings. The first-order valence-electron chi connectivity index (χ1n) is 12.5. The van der Waals surface area contributed by atoms with Gasteiger partial charge in [0.2, 0.25) is 5.91 Å². The SMILES string of the molecule is CC1=CCC(N(C)C2=CC=C3N=C(C)N(C(COCC4CC4)c4ccccc4)C(=O)C3C2)C=C1. The van der Waals surface area contributed by atoms with Crippen molar-refractivity contribution >= 4 is 11.7 Å². The minimum absolute atomic E-state index is 0.122. The predicted octanol–water partition coefficient (Wildman–Crippen LogP) is 5.41. The third-order valence-corrected chi connectivity index (χ3v) is 7.43. The van der Waals surface area contributed by atoms with Crippen LogP contribution in [-0.4, -0.2) is 47.8 Å². The zero-order chi connectivity index (χ0) is 23.7. The summed E-state index contributed by atoms with van der Waals surface area (Å²) in [6.07, 6.45) is 15.1. The molecule has 3 unspecified atom stereocenters. The molecule has 5 nitrogen and oxygen atoms in total. The van der Waals surface area contributed by atoms with Gasteiger partial charge in [0.05, 0.1) is 30.3 Å². The first-order valence-corrected chi connectivity index (χ1v) is 12.5. The van der Waals surface area contributed by atoms with Gasteiger partial charge in [-0.2, -0.15) is 0 Å². The smallest absolute Gasteiger partial charge is 0.238 e. The van der Waals surface area contributed by atoms with Crippen molar-refractivity contribution in [2.75, 3.05) is 20.3 Å². The van der Waals surface area contributed by atoms with E-state index in [0.29, 0.717) is 25.0 Å². The molecule has 1 heterocycles. The van der Waals surface area contributed by atoms with Crippen LogP contribution in [0.4, 0.5) is 0 Å². The second kappa shape index (κ2) is 9.75. The van der Waals surface area contributed by atoms with Gasteiger partial charge in [0.15, 0.2) is 0 Å². The highest BCUT2D eigenvalue weighted by Crippen LogP contribution is 2.37. The van der Waals surface area contributed by atoms with E-state index in [1.165, 1.54) is 24.1 Å². The summed E-state index contributed by atoms with van der Waals surface area (Å²) in [7, 11) is 2.13. The molecule has 0 aromatic heterocycles. The molecule has 1 aliphatic heterocycles. The second-order valence-electron chi connectivity index (χ2n) is 10.0. The molecule has 4 aliphatic rings. The molecule has 5 heteroatoms. The maximum Gasteiger partial charge on any atom is 0.238 e. The highest BCUT2D eigenvalue weighted by Gasteiger charge is 2.40. The van der Waals surface area contributed by atoms with E-state index in [9.17, 15) is 4.79 Å². The van der Waals surface area contributed by atoms with Crippen molar-refractivity contribution in [1.82, 2.24) is 9.80 Å². The summed E-state index contributed by atoms with van der Waals surface area (Å²) < 4.78 is 6.11. The van der Waals surface area contributed by atoms with Gasteiger partial charge >= 0.3 is 0 Å². The summed E-state index contributed by atoms with van der Waals surface area (Å²) >= 11 is 0. The van der Waals surface area contributed by atoms with E-state index < -0.39 is 0 Å². The van der Waals surface area contributed by atoms with Crippen molar-refractivity contribution in [3.8, 4) is 0 Å². The molecule has 34 heavy (non-hydrogen) atoms. The Bertz CT molecular complexity index is 1080. The topological polar surface area (TPSA) is 45.1 Å². The second-order valence-corrected chi connectivity index (χ2v) is 10.0. The van der Waals surface area contributed by atoms with Crippen molar-refractivity contribution in [1.29, 1.82) is 0 Å². The van der Waals surface area contributed by atoms with E-state index in [-0.39, 0.29) is 17.9 Å². The third-order valence-electron chi connectivity index (χ3n) is 7.43. The number of allylic oxidation sites excluding steroid dienone is 5. The zero-order valence-corrected chi connectivity index (χ0v) is 20.5. The van der Waals surface area contributed by atoms with Gasteiger partial charge in [-0.15, -0.1) is 0 Å². The summed E-state index contributed by atoms with van der Waals surface area (Å²) in [6.45, 7) is 5.34. The van der Waals surface area contributed by atoms with Crippen LogP contribution in [0.25, 0.3) is 0 Å². The number of rotatable bonds is 8. The molecule has 1 saturated carbocycles. The van der Waals surface area contributed by atoms with Crippen molar-refractivity contribution < 1.29 is 9.53 Å². The fourth-order valence-corrected chi connectivity index (χ4v) is 5.06. The maximum atomic E-state index is 14.0. The molecule has 178 valence electrons. The van der Waals surface area contributed by atoms with E-state index in [4.69, 9.17) is 9.73 Å². The normalized spacial score (nSPS) is 25.1. The maximum absolute atomic E-state index is 14.0. The van der Waals surface area contributed by atoms with Crippen molar-refractivity contribution in [2.24, 2.45) is 16.8 Å². The Balaban J connectivity index is 1.37. The number of hydrogen-bond acceptors (Lipinski definition) is 4. The Morgan fingerprint density at radius 1 is 1.18 bits per heavy atom. The van der Waals surface area contributed by atoms with Crippen LogP contribution in [-0.2, 0) is 9.53 Å². The minimum Gasteiger partial charge on any atom is -0.379 e. The predicted molar refractivity (Wildman–Crippen MR) is 136 cm³/mol. The van der Waals surface area contributed by atoms with E-state index in [1.54, 1.807) is 0 Å². The van der Waals surface area contributed by atoms with E-state index in [1.807, 2.05) is 36.1 Å². The number of nitrogens with zero attached hydrogens (tertiary/aromatic N) is 3. The van der Waals surface area contributed by atoms with Crippen LogP contribution in [0.1, 0.15) is 51.1 Å². The number of ether oxygens (including phenoxy) is 1. The molecular weight excluding hydrogens is 422 g/mol. The quantitative estimate of drug-likeness (QED) is 0.524. The fraction of sp³-hybridized carbons (Fsp3) is 0.448.